The number of fused-ring (bicyclic) bond motifs is 1. The summed E-state index contributed by atoms with van der Waals surface area (Å²) in [6.07, 6.45) is 1.10. The quantitative estimate of drug-likeness (QED) is 0.522. The van der Waals surface area contributed by atoms with E-state index in [1.54, 1.807) is 29.2 Å². The van der Waals surface area contributed by atoms with Crippen molar-refractivity contribution in [2.75, 3.05) is 10.2 Å². The molecule has 5 heteroatoms. The predicted octanol–water partition coefficient (Wildman–Crippen LogP) is 6.02. The summed E-state index contributed by atoms with van der Waals surface area (Å²) in [6, 6.07) is 25.5. The molecule has 1 aliphatic carbocycles. The number of ketones is 1. The molecule has 1 aliphatic heterocycles. The molecule has 1 N–H and O–H groups in total. The van der Waals surface area contributed by atoms with E-state index in [2.05, 4.69) is 25.2 Å². The van der Waals surface area contributed by atoms with Crippen molar-refractivity contribution >= 4 is 23.1 Å². The maximum absolute atomic E-state index is 14.0. The van der Waals surface area contributed by atoms with E-state index in [0.29, 0.717) is 35.2 Å². The Balaban J connectivity index is 1.79. The van der Waals surface area contributed by atoms with Crippen LogP contribution in [0.1, 0.15) is 54.2 Å². The lowest BCUT2D eigenvalue weighted by Gasteiger charge is -2.37. The average molecular weight is 448 g/mol. The molecule has 0 radical (unpaired) electrons. The number of nitrogens with one attached hydrogen (secondary N) is 1. The molecule has 1 heterocycles. The number of carbonyl (C=O) groups excluding carboxylic acids is 2. The first kappa shape index (κ1) is 21.7. The van der Waals surface area contributed by atoms with Crippen LogP contribution in [0.2, 0.25) is 0 Å². The molecular weight excluding hydrogens is 422 g/mol. The number of Topliss-reactive ketones (excluding diaryl/α,β-unsaturated/α-hetero) is 1. The molecule has 168 valence electrons. The zero-order valence-corrected chi connectivity index (χ0v) is 19.2. The van der Waals surface area contributed by atoms with Crippen molar-refractivity contribution in [3.05, 3.63) is 107 Å². The van der Waals surface area contributed by atoms with Gasteiger partial charge in [-0.3, -0.25) is 14.5 Å². The highest BCUT2D eigenvalue weighted by molar-refractivity contribution is 6.12. The van der Waals surface area contributed by atoms with Crippen LogP contribution in [0.25, 0.3) is 0 Å². The third-order valence-electron chi connectivity index (χ3n) is 6.50. The molecule has 0 unspecified atom stereocenters. The van der Waals surface area contributed by atoms with Crippen molar-refractivity contribution in [3.63, 3.8) is 0 Å². The summed E-state index contributed by atoms with van der Waals surface area (Å²) in [7, 11) is 0. The maximum Gasteiger partial charge on any atom is 0.259 e. The summed E-state index contributed by atoms with van der Waals surface area (Å²) < 4.78 is 0. The van der Waals surface area contributed by atoms with Crippen molar-refractivity contribution in [2.24, 2.45) is 5.41 Å². The second-order valence-electron chi connectivity index (χ2n) is 9.65. The fourth-order valence-electron chi connectivity index (χ4n) is 4.99. The van der Waals surface area contributed by atoms with Gasteiger partial charge >= 0.3 is 0 Å². The van der Waals surface area contributed by atoms with Crippen LogP contribution in [-0.2, 0) is 4.79 Å². The van der Waals surface area contributed by atoms with Gasteiger partial charge in [0, 0.05) is 23.3 Å². The van der Waals surface area contributed by atoms with E-state index in [4.69, 9.17) is 0 Å². The third kappa shape index (κ3) is 3.78. The topological polar surface area (TPSA) is 73.2 Å². The van der Waals surface area contributed by atoms with Gasteiger partial charge in [0.15, 0.2) is 5.78 Å². The van der Waals surface area contributed by atoms with Gasteiger partial charge in [-0.25, -0.2) is 0 Å². The summed E-state index contributed by atoms with van der Waals surface area (Å²) in [5.74, 6) is -0.151. The van der Waals surface area contributed by atoms with Gasteiger partial charge in [-0.2, -0.15) is 5.26 Å². The van der Waals surface area contributed by atoms with Crippen molar-refractivity contribution in [2.45, 2.75) is 32.7 Å². The molecule has 0 saturated heterocycles. The summed E-state index contributed by atoms with van der Waals surface area (Å²) in [5.41, 5.74) is 4.65. The Kier molecular flexibility index (Phi) is 5.30. The van der Waals surface area contributed by atoms with E-state index >= 15 is 0 Å². The third-order valence-corrected chi connectivity index (χ3v) is 6.50. The number of benzene rings is 3. The number of rotatable bonds is 2. The highest BCUT2D eigenvalue weighted by Gasteiger charge is 2.43. The number of allylic oxidation sites excluding steroid dienone is 1. The van der Waals surface area contributed by atoms with E-state index in [0.717, 1.165) is 16.9 Å². The summed E-state index contributed by atoms with van der Waals surface area (Å²) in [6.45, 7) is 4.19. The Bertz CT molecular complexity index is 1350. The van der Waals surface area contributed by atoms with Gasteiger partial charge in [0.2, 0.25) is 0 Å². The maximum atomic E-state index is 14.0. The second kappa shape index (κ2) is 8.31. The molecule has 3 aromatic carbocycles. The number of amides is 1. The smallest absolute Gasteiger partial charge is 0.259 e. The lowest BCUT2D eigenvalue weighted by molar-refractivity contribution is -0.118. The number of hydrogen-bond donors (Lipinski definition) is 1. The van der Waals surface area contributed by atoms with E-state index in [-0.39, 0.29) is 17.1 Å². The van der Waals surface area contributed by atoms with Crippen LogP contribution >= 0.6 is 0 Å². The average Bonchev–Trinajstić information content (AvgIpc) is 2.97. The molecule has 0 spiro atoms. The van der Waals surface area contributed by atoms with Gasteiger partial charge in [-0.05, 0) is 53.8 Å². The van der Waals surface area contributed by atoms with Crippen LogP contribution in [-0.4, -0.2) is 11.7 Å². The number of anilines is 2. The van der Waals surface area contributed by atoms with Crippen LogP contribution < -0.4 is 10.2 Å². The van der Waals surface area contributed by atoms with Crippen LogP contribution in [0.3, 0.4) is 0 Å². The van der Waals surface area contributed by atoms with Gasteiger partial charge < -0.3 is 5.32 Å². The SMILES string of the molecule is CC1(C)CC(=O)C2=C(C1)Nc1ccccc1N(C(=O)c1ccccc1)[C@H]2c1ccc(C#N)cc1. The first-order chi connectivity index (χ1) is 16.4. The van der Waals surface area contributed by atoms with E-state index in [9.17, 15) is 14.9 Å². The first-order valence-electron chi connectivity index (χ1n) is 11.4. The monoisotopic (exact) mass is 447 g/mol. The molecule has 1 amide bonds. The Hall–Kier alpha value is -4.17. The van der Waals surface area contributed by atoms with Gasteiger partial charge in [0.1, 0.15) is 0 Å². The van der Waals surface area contributed by atoms with Crippen molar-refractivity contribution in [3.8, 4) is 6.07 Å². The van der Waals surface area contributed by atoms with Crippen LogP contribution in [0, 0.1) is 16.7 Å². The normalized spacial score (nSPS) is 18.8. The molecule has 0 fully saturated rings. The van der Waals surface area contributed by atoms with Crippen LogP contribution in [0.5, 0.6) is 0 Å². The number of carbonyl (C=O) groups is 2. The Labute approximate surface area is 199 Å². The molecule has 0 aromatic heterocycles. The zero-order valence-electron chi connectivity index (χ0n) is 19.2. The van der Waals surface area contributed by atoms with Crippen LogP contribution in [0.15, 0.2) is 90.1 Å². The Morgan fingerprint density at radius 1 is 0.971 bits per heavy atom. The molecule has 1 atom stereocenters. The van der Waals surface area contributed by atoms with Gasteiger partial charge in [-0.1, -0.05) is 56.3 Å². The Morgan fingerprint density at radius 3 is 2.35 bits per heavy atom. The molecule has 0 bridgehead atoms. The highest BCUT2D eigenvalue weighted by Crippen LogP contribution is 2.48. The molecule has 34 heavy (non-hydrogen) atoms. The van der Waals surface area contributed by atoms with E-state index in [1.165, 1.54) is 0 Å². The predicted molar refractivity (Wildman–Crippen MR) is 132 cm³/mol. The number of nitrogens with zero attached hydrogens (tertiary/aromatic N) is 2. The van der Waals surface area contributed by atoms with E-state index in [1.807, 2.05) is 54.6 Å². The summed E-state index contributed by atoms with van der Waals surface area (Å²) in [5, 5.41) is 12.8. The van der Waals surface area contributed by atoms with E-state index < -0.39 is 6.04 Å². The molecule has 0 saturated carbocycles. The van der Waals surface area contributed by atoms with Gasteiger partial charge in [0.25, 0.3) is 5.91 Å². The fraction of sp³-hybridized carbons (Fsp3) is 0.207. The standard InChI is InChI=1S/C29H25N3O2/c1-29(2)16-23-26(25(33)17-29)27(20-14-12-19(18-30)13-15-20)32(24-11-7-6-10-22(24)31-23)28(34)21-8-4-3-5-9-21/h3-15,27,31H,16-17H2,1-2H3/t27-/m0/s1. The zero-order chi connectivity index (χ0) is 23.9. The summed E-state index contributed by atoms with van der Waals surface area (Å²) >= 11 is 0. The van der Waals surface area contributed by atoms with Gasteiger partial charge in [0.05, 0.1) is 29.0 Å². The minimum Gasteiger partial charge on any atom is -0.357 e. The van der Waals surface area contributed by atoms with Crippen molar-refractivity contribution in [1.82, 2.24) is 0 Å². The summed E-state index contributed by atoms with van der Waals surface area (Å²) in [4.78, 5) is 29.4. The number of para-hydroxylation sites is 2. The number of hydrogen-bond acceptors (Lipinski definition) is 4. The lowest BCUT2D eigenvalue weighted by atomic mass is 9.73. The largest absolute Gasteiger partial charge is 0.357 e. The fourth-order valence-corrected chi connectivity index (χ4v) is 4.99. The molecule has 5 nitrogen and oxygen atoms in total. The minimum absolute atomic E-state index is 0.0341. The molecule has 2 aliphatic rings. The second-order valence-corrected chi connectivity index (χ2v) is 9.65. The molecule has 3 aromatic rings. The van der Waals surface area contributed by atoms with Crippen molar-refractivity contribution in [1.29, 1.82) is 5.26 Å². The first-order valence-corrected chi connectivity index (χ1v) is 11.4. The Morgan fingerprint density at radius 2 is 1.65 bits per heavy atom. The van der Waals surface area contributed by atoms with Gasteiger partial charge in [-0.15, -0.1) is 0 Å². The highest BCUT2D eigenvalue weighted by atomic mass is 16.2. The lowest BCUT2D eigenvalue weighted by Crippen LogP contribution is -2.39. The minimum atomic E-state index is -0.616. The van der Waals surface area contributed by atoms with Crippen LogP contribution in [0.4, 0.5) is 11.4 Å². The number of nitriles is 1. The molecular formula is C29H25N3O2. The van der Waals surface area contributed by atoms with Crippen molar-refractivity contribution < 1.29 is 9.59 Å². The molecule has 5 rings (SSSR count).